The smallest absolute Gasteiger partial charge is 0.240 e. The number of benzene rings is 1. The Balaban J connectivity index is 1.57. The highest BCUT2D eigenvalue weighted by Gasteiger charge is 2.27. The van der Waals surface area contributed by atoms with Crippen LogP contribution in [0.3, 0.4) is 0 Å². The topological polar surface area (TPSA) is 63.2 Å². The van der Waals surface area contributed by atoms with Gasteiger partial charge in [0.15, 0.2) is 0 Å². The number of hydrogen-bond acceptors (Lipinski definition) is 4. The van der Waals surface area contributed by atoms with Crippen LogP contribution in [0.15, 0.2) is 48.8 Å². The fourth-order valence-corrected chi connectivity index (χ4v) is 2.69. The van der Waals surface area contributed by atoms with Gasteiger partial charge in [-0.2, -0.15) is 0 Å². The van der Waals surface area contributed by atoms with Crippen LogP contribution in [0.25, 0.3) is 11.1 Å². The third-order valence-corrected chi connectivity index (χ3v) is 4.03. The Kier molecular flexibility index (Phi) is 5.00. The van der Waals surface area contributed by atoms with E-state index in [0.29, 0.717) is 19.7 Å². The molecule has 1 aromatic carbocycles. The molecule has 1 saturated heterocycles. The summed E-state index contributed by atoms with van der Waals surface area (Å²) in [6.07, 6.45) is 3.46. The quantitative estimate of drug-likeness (QED) is 0.903. The Labute approximate surface area is 136 Å². The molecule has 2 heterocycles. The second kappa shape index (κ2) is 7.35. The number of morpholine rings is 1. The molecule has 0 aliphatic carbocycles. The number of rotatable bonds is 4. The number of amides is 1. The van der Waals surface area contributed by atoms with Crippen molar-refractivity contribution in [2.75, 3.05) is 13.2 Å². The van der Waals surface area contributed by atoms with E-state index in [1.54, 1.807) is 12.4 Å². The third-order valence-electron chi connectivity index (χ3n) is 4.03. The van der Waals surface area contributed by atoms with Crippen LogP contribution in [0.4, 0.5) is 0 Å². The standard InChI is InChI=1S/C18H21N3O2/c1-13-17(20-10-11-23-13)18(22)21-12-14-2-4-15(5-3-14)16-6-8-19-9-7-16/h2-9,13,17,20H,10-12H2,1H3,(H,21,22)/t13-,17+/m1/s1. The first kappa shape index (κ1) is 15.6. The number of hydrogen-bond donors (Lipinski definition) is 2. The monoisotopic (exact) mass is 311 g/mol. The maximum atomic E-state index is 12.2. The lowest BCUT2D eigenvalue weighted by molar-refractivity contribution is -0.129. The Bertz CT molecular complexity index is 643. The van der Waals surface area contributed by atoms with Crippen molar-refractivity contribution in [1.29, 1.82) is 0 Å². The van der Waals surface area contributed by atoms with E-state index in [2.05, 4.69) is 27.8 Å². The van der Waals surface area contributed by atoms with Crippen LogP contribution in [-0.2, 0) is 16.1 Å². The number of aromatic nitrogens is 1. The highest BCUT2D eigenvalue weighted by Crippen LogP contribution is 2.18. The van der Waals surface area contributed by atoms with Gasteiger partial charge in [0.1, 0.15) is 6.04 Å². The van der Waals surface area contributed by atoms with E-state index in [1.807, 2.05) is 31.2 Å². The van der Waals surface area contributed by atoms with E-state index in [4.69, 9.17) is 4.74 Å². The van der Waals surface area contributed by atoms with Gasteiger partial charge >= 0.3 is 0 Å². The van der Waals surface area contributed by atoms with Crippen LogP contribution >= 0.6 is 0 Å². The van der Waals surface area contributed by atoms with Crippen molar-refractivity contribution in [3.05, 3.63) is 54.4 Å². The average molecular weight is 311 g/mol. The van der Waals surface area contributed by atoms with Gasteiger partial charge in [0.05, 0.1) is 12.7 Å². The molecule has 23 heavy (non-hydrogen) atoms. The first-order valence-electron chi connectivity index (χ1n) is 7.86. The van der Waals surface area contributed by atoms with Gasteiger partial charge < -0.3 is 15.4 Å². The second-order valence-electron chi connectivity index (χ2n) is 5.66. The third kappa shape index (κ3) is 3.94. The Morgan fingerprint density at radius 2 is 1.91 bits per heavy atom. The van der Waals surface area contributed by atoms with Gasteiger partial charge in [0.2, 0.25) is 5.91 Å². The van der Waals surface area contributed by atoms with Crippen molar-refractivity contribution >= 4 is 5.91 Å². The molecule has 120 valence electrons. The molecule has 1 amide bonds. The zero-order valence-corrected chi connectivity index (χ0v) is 13.2. The lowest BCUT2D eigenvalue weighted by Gasteiger charge is -2.29. The minimum Gasteiger partial charge on any atom is -0.375 e. The minimum absolute atomic E-state index is 0.0181. The number of ether oxygens (including phenoxy) is 1. The zero-order chi connectivity index (χ0) is 16.1. The maximum absolute atomic E-state index is 12.2. The molecule has 1 aliphatic rings. The Hall–Kier alpha value is -2.24. The van der Waals surface area contributed by atoms with Gasteiger partial charge in [-0.05, 0) is 35.7 Å². The van der Waals surface area contributed by atoms with Crippen LogP contribution in [0.2, 0.25) is 0 Å². The summed E-state index contributed by atoms with van der Waals surface area (Å²) < 4.78 is 5.50. The Morgan fingerprint density at radius 1 is 1.22 bits per heavy atom. The van der Waals surface area contributed by atoms with E-state index >= 15 is 0 Å². The second-order valence-corrected chi connectivity index (χ2v) is 5.66. The molecule has 0 unspecified atom stereocenters. The molecule has 0 radical (unpaired) electrons. The molecule has 1 aliphatic heterocycles. The summed E-state index contributed by atoms with van der Waals surface area (Å²) in [6.45, 7) is 3.80. The average Bonchev–Trinajstić information content (AvgIpc) is 2.61. The number of nitrogens with zero attached hydrogens (tertiary/aromatic N) is 1. The number of nitrogens with one attached hydrogen (secondary N) is 2. The molecule has 3 rings (SSSR count). The normalized spacial score (nSPS) is 20.9. The number of carbonyl (C=O) groups excluding carboxylic acids is 1. The summed E-state index contributed by atoms with van der Waals surface area (Å²) in [7, 11) is 0. The van der Waals surface area contributed by atoms with Crippen molar-refractivity contribution < 1.29 is 9.53 Å². The number of pyridine rings is 1. The van der Waals surface area contributed by atoms with E-state index in [0.717, 1.165) is 16.7 Å². The molecule has 0 saturated carbocycles. The van der Waals surface area contributed by atoms with Crippen molar-refractivity contribution in [3.8, 4) is 11.1 Å². The van der Waals surface area contributed by atoms with Gasteiger partial charge in [-0.1, -0.05) is 24.3 Å². The summed E-state index contributed by atoms with van der Waals surface area (Å²) in [4.78, 5) is 16.2. The van der Waals surface area contributed by atoms with Crippen LogP contribution in [-0.4, -0.2) is 36.2 Å². The number of carbonyl (C=O) groups is 1. The van der Waals surface area contributed by atoms with E-state index in [9.17, 15) is 4.79 Å². The first-order chi connectivity index (χ1) is 11.2. The van der Waals surface area contributed by atoms with Crippen LogP contribution < -0.4 is 10.6 Å². The molecular formula is C18H21N3O2. The summed E-state index contributed by atoms with van der Waals surface area (Å²) in [5.74, 6) is -0.0181. The molecule has 5 heteroatoms. The van der Waals surface area contributed by atoms with Gasteiger partial charge in [-0.15, -0.1) is 0 Å². The van der Waals surface area contributed by atoms with Gasteiger partial charge in [-0.25, -0.2) is 0 Å². The zero-order valence-electron chi connectivity index (χ0n) is 13.2. The van der Waals surface area contributed by atoms with Crippen molar-refractivity contribution in [2.45, 2.75) is 25.6 Å². The van der Waals surface area contributed by atoms with Crippen LogP contribution in [0.5, 0.6) is 0 Å². The van der Waals surface area contributed by atoms with Crippen LogP contribution in [0, 0.1) is 0 Å². The summed E-state index contributed by atoms with van der Waals surface area (Å²) >= 11 is 0. The summed E-state index contributed by atoms with van der Waals surface area (Å²) in [5, 5.41) is 6.16. The van der Waals surface area contributed by atoms with E-state index < -0.39 is 0 Å². The molecule has 0 bridgehead atoms. The summed E-state index contributed by atoms with van der Waals surface area (Å²) in [5.41, 5.74) is 3.34. The van der Waals surface area contributed by atoms with E-state index in [-0.39, 0.29) is 18.1 Å². The highest BCUT2D eigenvalue weighted by atomic mass is 16.5. The minimum atomic E-state index is -0.278. The van der Waals surface area contributed by atoms with Crippen molar-refractivity contribution in [1.82, 2.24) is 15.6 Å². The lowest BCUT2D eigenvalue weighted by Crippen LogP contribution is -2.55. The molecule has 2 N–H and O–H groups in total. The van der Waals surface area contributed by atoms with E-state index in [1.165, 1.54) is 0 Å². The molecule has 1 fully saturated rings. The van der Waals surface area contributed by atoms with Gasteiger partial charge in [0, 0.05) is 25.5 Å². The predicted octanol–water partition coefficient (Wildman–Crippen LogP) is 1.74. The largest absolute Gasteiger partial charge is 0.375 e. The highest BCUT2D eigenvalue weighted by molar-refractivity contribution is 5.82. The molecule has 5 nitrogen and oxygen atoms in total. The Morgan fingerprint density at radius 3 is 2.61 bits per heavy atom. The lowest BCUT2D eigenvalue weighted by atomic mass is 10.0. The van der Waals surface area contributed by atoms with Gasteiger partial charge in [-0.3, -0.25) is 9.78 Å². The molecule has 2 atom stereocenters. The van der Waals surface area contributed by atoms with Crippen molar-refractivity contribution in [3.63, 3.8) is 0 Å². The molecular weight excluding hydrogens is 290 g/mol. The first-order valence-corrected chi connectivity index (χ1v) is 7.86. The molecule has 1 aromatic heterocycles. The molecule has 0 spiro atoms. The van der Waals surface area contributed by atoms with Crippen LogP contribution in [0.1, 0.15) is 12.5 Å². The predicted molar refractivity (Wildman–Crippen MR) is 88.7 cm³/mol. The maximum Gasteiger partial charge on any atom is 0.240 e. The summed E-state index contributed by atoms with van der Waals surface area (Å²) in [6, 6.07) is 11.9. The molecule has 2 aromatic rings. The van der Waals surface area contributed by atoms with Gasteiger partial charge in [0.25, 0.3) is 0 Å². The fourth-order valence-electron chi connectivity index (χ4n) is 2.69. The SMILES string of the molecule is C[C@H]1OCCN[C@@H]1C(=O)NCc1ccc(-c2ccncc2)cc1. The fraction of sp³-hybridized carbons (Fsp3) is 0.333. The van der Waals surface area contributed by atoms with Crippen molar-refractivity contribution in [2.24, 2.45) is 0 Å².